The molecule has 1 aromatic rings. The van der Waals surface area contributed by atoms with E-state index in [1.54, 1.807) is 0 Å². The lowest BCUT2D eigenvalue weighted by atomic mass is 10.1. The van der Waals surface area contributed by atoms with E-state index in [2.05, 4.69) is 9.88 Å². The fourth-order valence-electron chi connectivity index (χ4n) is 3.28. The number of alkyl halides is 3. The molecule has 4 N–H and O–H groups in total. The number of aliphatic carboxylic acids is 2. The average Bonchev–Trinajstić information content (AvgIpc) is 3.24. The van der Waals surface area contributed by atoms with Gasteiger partial charge in [-0.2, -0.15) is 13.2 Å². The molecule has 1 aliphatic heterocycles. The monoisotopic (exact) mass is 387 g/mol. The molecule has 2 fully saturated rings. The second-order valence-corrected chi connectivity index (χ2v) is 6.38. The molecule has 1 aromatic heterocycles. The van der Waals surface area contributed by atoms with Gasteiger partial charge in [0.1, 0.15) is 0 Å². The molecule has 1 saturated carbocycles. The third kappa shape index (κ3) is 5.68. The molecule has 0 spiro atoms. The highest BCUT2D eigenvalue weighted by atomic mass is 19.4. The fourth-order valence-corrected chi connectivity index (χ4v) is 3.28. The van der Waals surface area contributed by atoms with Crippen molar-refractivity contribution in [2.75, 3.05) is 11.4 Å². The van der Waals surface area contributed by atoms with E-state index in [4.69, 9.17) is 15.9 Å². The van der Waals surface area contributed by atoms with Gasteiger partial charge in [0, 0.05) is 30.4 Å². The number of hydrogen-bond acceptors (Lipinski definition) is 5. The van der Waals surface area contributed by atoms with Crippen molar-refractivity contribution in [3.05, 3.63) is 36.2 Å². The Morgan fingerprint density at radius 2 is 1.85 bits per heavy atom. The van der Waals surface area contributed by atoms with Gasteiger partial charge in [-0.15, -0.1) is 0 Å². The van der Waals surface area contributed by atoms with Gasteiger partial charge in [-0.1, -0.05) is 0 Å². The van der Waals surface area contributed by atoms with E-state index in [-0.39, 0.29) is 6.04 Å². The first-order valence-electron chi connectivity index (χ1n) is 8.28. The van der Waals surface area contributed by atoms with E-state index in [1.165, 1.54) is 12.3 Å². The zero-order valence-electron chi connectivity index (χ0n) is 14.3. The molecule has 0 amide bonds. The van der Waals surface area contributed by atoms with Crippen LogP contribution in [0.15, 0.2) is 30.6 Å². The molecule has 0 bridgehead atoms. The number of aromatic nitrogens is 1. The van der Waals surface area contributed by atoms with Gasteiger partial charge >= 0.3 is 18.1 Å². The lowest BCUT2D eigenvalue weighted by Gasteiger charge is -2.29. The zero-order chi connectivity index (χ0) is 20.2. The Hall–Kier alpha value is -2.62. The Morgan fingerprint density at radius 3 is 2.37 bits per heavy atom. The minimum absolute atomic E-state index is 0.263. The van der Waals surface area contributed by atoms with Crippen LogP contribution in [0, 0.1) is 5.92 Å². The predicted molar refractivity (Wildman–Crippen MR) is 90.1 cm³/mol. The van der Waals surface area contributed by atoms with Crippen molar-refractivity contribution in [3.63, 3.8) is 0 Å². The van der Waals surface area contributed by atoms with Gasteiger partial charge in [-0.05, 0) is 37.8 Å². The normalized spacial score (nSPS) is 23.6. The second-order valence-electron chi connectivity index (χ2n) is 6.38. The van der Waals surface area contributed by atoms with Crippen LogP contribution in [0.1, 0.15) is 24.8 Å². The Bertz CT molecular complexity index is 708. The van der Waals surface area contributed by atoms with Crippen LogP contribution in [0.3, 0.4) is 0 Å². The molecule has 3 unspecified atom stereocenters. The topological polar surface area (TPSA) is 117 Å². The van der Waals surface area contributed by atoms with Gasteiger partial charge in [-0.3, -0.25) is 4.98 Å². The Kier molecular flexibility index (Phi) is 6.42. The summed E-state index contributed by atoms with van der Waals surface area (Å²) in [4.78, 5) is 25.0. The summed E-state index contributed by atoms with van der Waals surface area (Å²) in [6.45, 7) is 0.562. The van der Waals surface area contributed by atoms with E-state index in [0.29, 0.717) is 36.3 Å². The molecule has 1 aliphatic carbocycles. The number of piperidine rings is 1. The maximum Gasteiger partial charge on any atom is 0.417 e. The number of carboxylic acids is 2. The van der Waals surface area contributed by atoms with Crippen LogP contribution in [-0.4, -0.2) is 45.8 Å². The molecule has 0 radical (unpaired) electrons. The van der Waals surface area contributed by atoms with Crippen molar-refractivity contribution < 1.29 is 33.0 Å². The summed E-state index contributed by atoms with van der Waals surface area (Å²) in [5.74, 6) is -1.88. The van der Waals surface area contributed by atoms with Crippen LogP contribution < -0.4 is 10.6 Å². The fraction of sp³-hybridized carbons (Fsp3) is 0.471. The number of fused-ring (bicyclic) bond motifs is 1. The standard InChI is InChI=1S/C13H16F3N3.C4H4O4/c14-13(15,16)9-5-11(7-18-6-9)19-10(1-2-17)3-8-4-12(8)19;5-3(6)1-2-4(7)8/h5-8,10,12H,1-4,17H2;1-2H,(H,5,6)(H,7,8). The first-order chi connectivity index (χ1) is 12.6. The lowest BCUT2D eigenvalue weighted by Crippen LogP contribution is -2.34. The zero-order valence-corrected chi connectivity index (χ0v) is 14.3. The number of rotatable bonds is 5. The van der Waals surface area contributed by atoms with E-state index in [9.17, 15) is 22.8 Å². The highest BCUT2D eigenvalue weighted by molar-refractivity contribution is 5.89. The molecule has 27 heavy (non-hydrogen) atoms. The molecule has 0 aromatic carbocycles. The van der Waals surface area contributed by atoms with Crippen molar-refractivity contribution in [2.45, 2.75) is 37.5 Å². The smallest absolute Gasteiger partial charge is 0.417 e. The minimum atomic E-state index is -4.34. The van der Waals surface area contributed by atoms with Gasteiger partial charge in [0.2, 0.25) is 0 Å². The summed E-state index contributed by atoms with van der Waals surface area (Å²) in [6, 6.07) is 1.86. The molecular weight excluding hydrogens is 367 g/mol. The van der Waals surface area contributed by atoms with Crippen LogP contribution >= 0.6 is 0 Å². The van der Waals surface area contributed by atoms with Gasteiger partial charge < -0.3 is 20.8 Å². The number of pyridine rings is 1. The Morgan fingerprint density at radius 1 is 1.22 bits per heavy atom. The van der Waals surface area contributed by atoms with Gasteiger partial charge in [0.05, 0.1) is 17.4 Å². The van der Waals surface area contributed by atoms with E-state index in [0.717, 1.165) is 25.5 Å². The molecule has 2 aliphatic rings. The maximum absolute atomic E-state index is 12.7. The predicted octanol–water partition coefficient (Wildman–Crippen LogP) is 2.13. The third-order valence-corrected chi connectivity index (χ3v) is 4.43. The minimum Gasteiger partial charge on any atom is -0.478 e. The number of anilines is 1. The first-order valence-corrected chi connectivity index (χ1v) is 8.28. The van der Waals surface area contributed by atoms with Crippen molar-refractivity contribution in [3.8, 4) is 0 Å². The van der Waals surface area contributed by atoms with Gasteiger partial charge in [0.15, 0.2) is 0 Å². The van der Waals surface area contributed by atoms with Crippen molar-refractivity contribution >= 4 is 17.6 Å². The molecule has 1 saturated heterocycles. The summed E-state index contributed by atoms with van der Waals surface area (Å²) in [6.07, 6.45) is 2.12. The van der Waals surface area contributed by atoms with Crippen LogP contribution in [-0.2, 0) is 15.8 Å². The molecular formula is C17H20F3N3O4. The number of carbonyl (C=O) groups is 2. The van der Waals surface area contributed by atoms with E-state index < -0.39 is 23.7 Å². The van der Waals surface area contributed by atoms with Crippen LogP contribution in [0.25, 0.3) is 0 Å². The summed E-state index contributed by atoms with van der Waals surface area (Å²) in [7, 11) is 0. The highest BCUT2D eigenvalue weighted by Gasteiger charge is 2.51. The molecule has 3 atom stereocenters. The molecule has 10 heteroatoms. The van der Waals surface area contributed by atoms with Gasteiger partial charge in [-0.25, -0.2) is 9.59 Å². The average molecular weight is 387 g/mol. The number of hydrogen-bond donors (Lipinski definition) is 3. The summed E-state index contributed by atoms with van der Waals surface area (Å²) >= 11 is 0. The van der Waals surface area contributed by atoms with Crippen LogP contribution in [0.2, 0.25) is 0 Å². The first kappa shape index (κ1) is 20.7. The molecule has 148 valence electrons. The second kappa shape index (κ2) is 8.38. The number of nitrogens with two attached hydrogens (primary N) is 1. The Balaban J connectivity index is 0.000000279. The number of halogens is 3. The van der Waals surface area contributed by atoms with Crippen LogP contribution in [0.5, 0.6) is 0 Å². The highest BCUT2D eigenvalue weighted by Crippen LogP contribution is 2.50. The lowest BCUT2D eigenvalue weighted by molar-refractivity contribution is -0.138. The van der Waals surface area contributed by atoms with Crippen molar-refractivity contribution in [2.24, 2.45) is 11.7 Å². The van der Waals surface area contributed by atoms with Crippen molar-refractivity contribution in [1.82, 2.24) is 4.98 Å². The quantitative estimate of drug-likeness (QED) is 0.663. The third-order valence-electron chi connectivity index (χ3n) is 4.43. The van der Waals surface area contributed by atoms with Gasteiger partial charge in [0.25, 0.3) is 0 Å². The van der Waals surface area contributed by atoms with Crippen LogP contribution in [0.4, 0.5) is 18.9 Å². The maximum atomic E-state index is 12.7. The summed E-state index contributed by atoms with van der Waals surface area (Å²) in [5.41, 5.74) is 5.49. The largest absolute Gasteiger partial charge is 0.478 e. The molecule has 2 heterocycles. The number of carboxylic acid groups (broad SMARTS) is 2. The number of nitrogens with zero attached hydrogens (tertiary/aromatic N) is 2. The Labute approximate surface area is 153 Å². The van der Waals surface area contributed by atoms with E-state index >= 15 is 0 Å². The SMILES string of the molecule is NCCC1CC2CC2N1c1cncc(C(F)(F)F)c1.O=C(O)C=CC(=O)O. The van der Waals surface area contributed by atoms with Crippen molar-refractivity contribution in [1.29, 1.82) is 0 Å². The molecule has 3 rings (SSSR count). The van der Waals surface area contributed by atoms with E-state index in [1.807, 2.05) is 0 Å². The molecule has 7 nitrogen and oxygen atoms in total. The summed E-state index contributed by atoms with van der Waals surface area (Å²) in [5, 5.41) is 15.6. The summed E-state index contributed by atoms with van der Waals surface area (Å²) < 4.78 is 38.2.